The number of alkyl halides is 3. The van der Waals surface area contributed by atoms with E-state index in [-0.39, 0.29) is 29.5 Å². The van der Waals surface area contributed by atoms with Crippen LogP contribution >= 0.6 is 0 Å². The maximum atomic E-state index is 13.3. The molecule has 28 heavy (non-hydrogen) atoms. The minimum Gasteiger partial charge on any atom is -0.495 e. The van der Waals surface area contributed by atoms with E-state index in [0.717, 1.165) is 24.3 Å². The number of benzene rings is 2. The summed E-state index contributed by atoms with van der Waals surface area (Å²) in [6, 6.07) is 7.34. The van der Waals surface area contributed by atoms with Crippen molar-refractivity contribution in [3.05, 3.63) is 53.8 Å². The number of sulfonamides is 1. The molecule has 2 aromatic rings. The van der Waals surface area contributed by atoms with E-state index in [2.05, 4.69) is 16.6 Å². The summed E-state index contributed by atoms with van der Waals surface area (Å²) >= 11 is 0. The lowest BCUT2D eigenvalue weighted by Gasteiger charge is -2.09. The topological polar surface area (TPSA) is 64.6 Å². The normalized spacial score (nSPS) is 11.5. The third-order valence-corrected chi connectivity index (χ3v) is 4.79. The minimum absolute atomic E-state index is 0.0193. The largest absolute Gasteiger partial charge is 0.495 e. The summed E-state index contributed by atoms with van der Waals surface area (Å²) in [5.41, 5.74) is -0.852. The second-order valence-electron chi connectivity index (χ2n) is 5.29. The molecule has 5 nitrogen and oxygen atoms in total. The van der Waals surface area contributed by atoms with Gasteiger partial charge in [-0.25, -0.2) is 12.8 Å². The highest BCUT2D eigenvalue weighted by Crippen LogP contribution is 2.31. The van der Waals surface area contributed by atoms with Gasteiger partial charge < -0.3 is 9.47 Å². The number of halogens is 4. The van der Waals surface area contributed by atoms with E-state index in [1.807, 2.05) is 0 Å². The lowest BCUT2D eigenvalue weighted by molar-refractivity contribution is -0.137. The predicted molar refractivity (Wildman–Crippen MR) is 92.9 cm³/mol. The summed E-state index contributed by atoms with van der Waals surface area (Å²) in [5, 5.41) is 0. The predicted octanol–water partition coefficient (Wildman–Crippen LogP) is 3.21. The van der Waals surface area contributed by atoms with Gasteiger partial charge in [-0.3, -0.25) is 0 Å². The lowest BCUT2D eigenvalue weighted by atomic mass is 10.2. The Labute approximate surface area is 159 Å². The Kier molecular flexibility index (Phi) is 6.88. The molecule has 0 saturated heterocycles. The van der Waals surface area contributed by atoms with E-state index in [0.29, 0.717) is 0 Å². The Balaban J connectivity index is 1.93. The number of nitrogens with one attached hydrogen (secondary N) is 1. The molecule has 0 spiro atoms. The highest BCUT2D eigenvalue weighted by molar-refractivity contribution is 7.89. The van der Waals surface area contributed by atoms with E-state index >= 15 is 0 Å². The molecule has 0 saturated carbocycles. The van der Waals surface area contributed by atoms with E-state index < -0.39 is 27.6 Å². The van der Waals surface area contributed by atoms with Gasteiger partial charge in [-0.05, 0) is 36.4 Å². The highest BCUT2D eigenvalue weighted by atomic mass is 32.2. The summed E-state index contributed by atoms with van der Waals surface area (Å²) in [6.07, 6.45) is -4.48. The molecule has 0 aliphatic heterocycles. The maximum absolute atomic E-state index is 13.3. The van der Waals surface area contributed by atoms with Crippen molar-refractivity contribution in [3.8, 4) is 23.3 Å². The molecule has 0 aliphatic rings. The zero-order chi connectivity index (χ0) is 20.8. The lowest BCUT2D eigenvalue weighted by Crippen LogP contribution is -2.24. The van der Waals surface area contributed by atoms with Gasteiger partial charge in [0.2, 0.25) is 10.0 Å². The molecule has 150 valence electrons. The molecule has 0 unspecified atom stereocenters. The van der Waals surface area contributed by atoms with Crippen molar-refractivity contribution in [1.82, 2.24) is 4.72 Å². The third kappa shape index (κ3) is 5.87. The molecule has 0 atom stereocenters. The first kappa shape index (κ1) is 21.5. The van der Waals surface area contributed by atoms with Gasteiger partial charge in [0, 0.05) is 0 Å². The van der Waals surface area contributed by atoms with Crippen LogP contribution in [0.15, 0.2) is 47.4 Å². The van der Waals surface area contributed by atoms with Crippen LogP contribution in [-0.4, -0.2) is 28.7 Å². The van der Waals surface area contributed by atoms with Crippen molar-refractivity contribution in [3.63, 3.8) is 0 Å². The smallest absolute Gasteiger partial charge is 0.416 e. The van der Waals surface area contributed by atoms with Gasteiger partial charge in [-0.15, -0.1) is 0 Å². The average Bonchev–Trinajstić information content (AvgIpc) is 2.64. The van der Waals surface area contributed by atoms with Gasteiger partial charge in [0.1, 0.15) is 28.8 Å². The molecular formula is C18H15F4NO4S. The number of rotatable bonds is 6. The first-order valence-electron chi connectivity index (χ1n) is 7.72. The Bertz CT molecular complexity index is 995. The van der Waals surface area contributed by atoms with Crippen LogP contribution < -0.4 is 14.2 Å². The zero-order valence-electron chi connectivity index (χ0n) is 14.5. The molecule has 0 amide bonds. The van der Waals surface area contributed by atoms with E-state index in [9.17, 15) is 26.0 Å². The zero-order valence-corrected chi connectivity index (χ0v) is 15.3. The highest BCUT2D eigenvalue weighted by Gasteiger charge is 2.30. The van der Waals surface area contributed by atoms with Gasteiger partial charge in [0.25, 0.3) is 0 Å². The molecule has 2 rings (SSSR count). The van der Waals surface area contributed by atoms with Crippen LogP contribution in [-0.2, 0) is 16.2 Å². The van der Waals surface area contributed by atoms with E-state index in [1.54, 1.807) is 0 Å². The first-order chi connectivity index (χ1) is 13.1. The van der Waals surface area contributed by atoms with Crippen LogP contribution in [0.3, 0.4) is 0 Å². The van der Waals surface area contributed by atoms with Crippen molar-refractivity contribution in [1.29, 1.82) is 0 Å². The van der Waals surface area contributed by atoms with Crippen molar-refractivity contribution >= 4 is 10.0 Å². The summed E-state index contributed by atoms with van der Waals surface area (Å²) in [6.45, 7) is -0.555. The molecule has 0 bridgehead atoms. The van der Waals surface area contributed by atoms with E-state index in [1.165, 1.54) is 25.3 Å². The van der Waals surface area contributed by atoms with Crippen LogP contribution in [0.25, 0.3) is 0 Å². The van der Waals surface area contributed by atoms with Crippen molar-refractivity contribution in [2.75, 3.05) is 20.3 Å². The molecule has 0 aromatic heterocycles. The number of hydrogen-bond acceptors (Lipinski definition) is 4. The van der Waals surface area contributed by atoms with Crippen LogP contribution in [0, 0.1) is 17.7 Å². The van der Waals surface area contributed by atoms with Crippen LogP contribution in [0.1, 0.15) is 5.56 Å². The molecule has 1 N–H and O–H groups in total. The molecular weight excluding hydrogens is 402 g/mol. The number of ether oxygens (including phenoxy) is 2. The fraction of sp³-hybridized carbons (Fsp3) is 0.222. The van der Waals surface area contributed by atoms with Crippen LogP contribution in [0.5, 0.6) is 11.5 Å². The number of methoxy groups -OCH3 is 1. The average molecular weight is 417 g/mol. The van der Waals surface area contributed by atoms with E-state index in [4.69, 9.17) is 9.47 Å². The Morgan fingerprint density at radius 1 is 1.11 bits per heavy atom. The van der Waals surface area contributed by atoms with Gasteiger partial charge in [-0.2, -0.15) is 17.9 Å². The van der Waals surface area contributed by atoms with Gasteiger partial charge in [0.15, 0.2) is 0 Å². The van der Waals surface area contributed by atoms with Gasteiger partial charge in [0.05, 0.1) is 19.2 Å². The molecule has 0 aliphatic carbocycles. The summed E-state index contributed by atoms with van der Waals surface area (Å²) in [4.78, 5) is -0.378. The van der Waals surface area contributed by atoms with Crippen LogP contribution in [0.4, 0.5) is 17.6 Å². The standard InChI is InChI=1S/C18H15F4NO4S/c1-26-16-8-7-14(19)12-17(16)28(24,25)23-9-2-3-10-27-15-6-4-5-13(11-15)18(20,21)22/h4-8,11-12,23H,9-10H2,1H3. The summed E-state index contributed by atoms with van der Waals surface area (Å²) in [7, 11) is -2.82. The van der Waals surface area contributed by atoms with Gasteiger partial charge in [-0.1, -0.05) is 17.9 Å². The molecule has 10 heteroatoms. The van der Waals surface area contributed by atoms with Gasteiger partial charge >= 0.3 is 6.18 Å². The summed E-state index contributed by atoms with van der Waals surface area (Å²) < 4.78 is 87.6. The minimum atomic E-state index is -4.48. The quantitative estimate of drug-likeness (QED) is 0.579. The fourth-order valence-electron chi connectivity index (χ4n) is 2.06. The van der Waals surface area contributed by atoms with Crippen molar-refractivity contribution in [2.24, 2.45) is 0 Å². The third-order valence-electron chi connectivity index (χ3n) is 3.36. The Hall–Kier alpha value is -2.77. The second kappa shape index (κ2) is 8.95. The molecule has 0 radical (unpaired) electrons. The maximum Gasteiger partial charge on any atom is 0.416 e. The Morgan fingerprint density at radius 2 is 1.86 bits per heavy atom. The van der Waals surface area contributed by atoms with Crippen molar-refractivity contribution < 1.29 is 35.5 Å². The second-order valence-corrected chi connectivity index (χ2v) is 7.02. The Morgan fingerprint density at radius 3 is 2.54 bits per heavy atom. The molecule has 0 fully saturated rings. The monoisotopic (exact) mass is 417 g/mol. The SMILES string of the molecule is COc1ccc(F)cc1S(=O)(=O)NCC#CCOc1cccc(C(F)(F)F)c1. The van der Waals surface area contributed by atoms with Crippen molar-refractivity contribution in [2.45, 2.75) is 11.1 Å². The summed E-state index contributed by atoms with van der Waals surface area (Å²) in [5.74, 6) is 4.13. The van der Waals surface area contributed by atoms with Crippen LogP contribution in [0.2, 0.25) is 0 Å². The molecule has 0 heterocycles. The first-order valence-corrected chi connectivity index (χ1v) is 9.21. The fourth-order valence-corrected chi connectivity index (χ4v) is 3.17. The number of hydrogen-bond donors (Lipinski definition) is 1. The molecule has 2 aromatic carbocycles.